The van der Waals surface area contributed by atoms with Crippen molar-refractivity contribution in [2.45, 2.75) is 45.8 Å². The lowest BCUT2D eigenvalue weighted by Gasteiger charge is -2.19. The first-order valence-corrected chi connectivity index (χ1v) is 6.83. The van der Waals surface area contributed by atoms with E-state index in [2.05, 4.69) is 35.9 Å². The monoisotopic (exact) mass is 261 g/mol. The van der Waals surface area contributed by atoms with Crippen molar-refractivity contribution in [1.82, 2.24) is 9.97 Å². The minimum absolute atomic E-state index is 0.106. The normalized spacial score (nSPS) is 15.4. The van der Waals surface area contributed by atoms with Crippen LogP contribution in [-0.2, 0) is 0 Å². The van der Waals surface area contributed by atoms with Crippen LogP contribution in [0.15, 0.2) is 18.2 Å². The smallest absolute Gasteiger partial charge is 0.126 e. The summed E-state index contributed by atoms with van der Waals surface area (Å²) >= 11 is 0. The molecule has 1 aromatic heterocycles. The highest BCUT2D eigenvalue weighted by Gasteiger charge is 2.23. The van der Waals surface area contributed by atoms with Crippen LogP contribution >= 0.6 is 0 Å². The lowest BCUT2D eigenvalue weighted by atomic mass is 10.0. The van der Waals surface area contributed by atoms with E-state index in [0.29, 0.717) is 11.7 Å². The first kappa shape index (κ1) is 14.0. The van der Waals surface area contributed by atoms with Gasteiger partial charge in [-0.15, -0.1) is 0 Å². The number of hydrogen-bond donors (Lipinski definition) is 3. The number of rotatable bonds is 4. The Labute approximate surface area is 114 Å². The van der Waals surface area contributed by atoms with Crippen LogP contribution in [0.2, 0.25) is 0 Å². The summed E-state index contributed by atoms with van der Waals surface area (Å²) < 4.78 is 0. The second kappa shape index (κ2) is 5.31. The van der Waals surface area contributed by atoms with Crippen molar-refractivity contribution in [2.75, 3.05) is 0 Å². The SMILES string of the molecule is CC(C)c1ccc2[nH]c([C@@H](N)[C@H](O)C(C)C)nc2c1. The first-order valence-electron chi connectivity index (χ1n) is 6.83. The Morgan fingerprint density at radius 3 is 2.47 bits per heavy atom. The highest BCUT2D eigenvalue weighted by Crippen LogP contribution is 2.23. The van der Waals surface area contributed by atoms with Gasteiger partial charge in [-0.05, 0) is 29.5 Å². The highest BCUT2D eigenvalue weighted by molar-refractivity contribution is 5.76. The first-order chi connectivity index (χ1) is 8.90. The molecule has 0 bridgehead atoms. The number of aromatic amines is 1. The zero-order valence-electron chi connectivity index (χ0n) is 12.0. The molecule has 1 heterocycles. The molecule has 1 aromatic carbocycles. The van der Waals surface area contributed by atoms with Crippen LogP contribution in [0.4, 0.5) is 0 Å². The molecule has 2 aromatic rings. The molecule has 0 fully saturated rings. The Hall–Kier alpha value is -1.39. The molecular formula is C15H23N3O. The number of aromatic nitrogens is 2. The average Bonchev–Trinajstić information content (AvgIpc) is 2.79. The maximum Gasteiger partial charge on any atom is 0.126 e. The fraction of sp³-hybridized carbons (Fsp3) is 0.533. The summed E-state index contributed by atoms with van der Waals surface area (Å²) in [6, 6.07) is 5.72. The van der Waals surface area contributed by atoms with Gasteiger partial charge in [-0.3, -0.25) is 0 Å². The van der Waals surface area contributed by atoms with Crippen molar-refractivity contribution in [1.29, 1.82) is 0 Å². The summed E-state index contributed by atoms with van der Waals surface area (Å²) in [6.07, 6.45) is -0.592. The van der Waals surface area contributed by atoms with Gasteiger partial charge >= 0.3 is 0 Å². The third-order valence-corrected chi connectivity index (χ3v) is 3.56. The molecule has 0 aliphatic heterocycles. The van der Waals surface area contributed by atoms with Gasteiger partial charge in [0.1, 0.15) is 5.82 Å². The molecule has 0 aliphatic carbocycles. The van der Waals surface area contributed by atoms with Crippen molar-refractivity contribution in [3.05, 3.63) is 29.6 Å². The lowest BCUT2D eigenvalue weighted by molar-refractivity contribution is 0.0954. The summed E-state index contributed by atoms with van der Waals surface area (Å²) in [7, 11) is 0. The van der Waals surface area contributed by atoms with Gasteiger partial charge < -0.3 is 15.8 Å². The third-order valence-electron chi connectivity index (χ3n) is 3.56. The lowest BCUT2D eigenvalue weighted by Crippen LogP contribution is -2.31. The number of imidazole rings is 1. The number of hydrogen-bond acceptors (Lipinski definition) is 3. The summed E-state index contributed by atoms with van der Waals surface area (Å²) in [5.74, 6) is 1.23. The second-order valence-corrected chi connectivity index (χ2v) is 5.81. The predicted octanol–water partition coefficient (Wildman–Crippen LogP) is 2.70. The molecule has 0 spiro atoms. The molecule has 104 valence electrons. The summed E-state index contributed by atoms with van der Waals surface area (Å²) in [5.41, 5.74) is 9.18. The zero-order chi connectivity index (χ0) is 14.2. The Morgan fingerprint density at radius 1 is 1.21 bits per heavy atom. The van der Waals surface area contributed by atoms with Gasteiger partial charge in [0.25, 0.3) is 0 Å². The molecule has 0 radical (unpaired) electrons. The van der Waals surface area contributed by atoms with Gasteiger partial charge in [-0.1, -0.05) is 33.8 Å². The van der Waals surface area contributed by atoms with Gasteiger partial charge in [0.05, 0.1) is 23.2 Å². The number of nitrogens with two attached hydrogens (primary N) is 1. The van der Waals surface area contributed by atoms with Gasteiger partial charge in [-0.25, -0.2) is 4.98 Å². The molecule has 2 atom stereocenters. The number of nitrogens with zero attached hydrogens (tertiary/aromatic N) is 1. The van der Waals surface area contributed by atoms with E-state index in [4.69, 9.17) is 5.73 Å². The van der Waals surface area contributed by atoms with E-state index in [1.54, 1.807) is 0 Å². The van der Waals surface area contributed by atoms with E-state index < -0.39 is 12.1 Å². The van der Waals surface area contributed by atoms with E-state index in [0.717, 1.165) is 11.0 Å². The van der Waals surface area contributed by atoms with Crippen molar-refractivity contribution < 1.29 is 5.11 Å². The van der Waals surface area contributed by atoms with Gasteiger partial charge in [-0.2, -0.15) is 0 Å². The summed E-state index contributed by atoms with van der Waals surface area (Å²) in [4.78, 5) is 7.72. The quantitative estimate of drug-likeness (QED) is 0.792. The van der Waals surface area contributed by atoms with Crippen molar-refractivity contribution in [2.24, 2.45) is 11.7 Å². The van der Waals surface area contributed by atoms with Crippen molar-refractivity contribution >= 4 is 11.0 Å². The zero-order valence-corrected chi connectivity index (χ0v) is 12.0. The Kier molecular flexibility index (Phi) is 3.92. The van der Waals surface area contributed by atoms with Gasteiger partial charge in [0.2, 0.25) is 0 Å². The number of benzene rings is 1. The molecule has 4 nitrogen and oxygen atoms in total. The van der Waals surface area contributed by atoms with E-state index in [1.807, 2.05) is 19.9 Å². The van der Waals surface area contributed by atoms with E-state index >= 15 is 0 Å². The van der Waals surface area contributed by atoms with Crippen LogP contribution in [0.5, 0.6) is 0 Å². The standard InChI is InChI=1S/C15H23N3O/c1-8(2)10-5-6-11-12(7-10)18-15(17-11)13(16)14(19)9(3)4/h5-9,13-14,19H,16H2,1-4H3,(H,17,18)/t13-,14+/m0/s1. The molecule has 4 heteroatoms. The molecule has 0 amide bonds. The number of fused-ring (bicyclic) bond motifs is 1. The molecule has 19 heavy (non-hydrogen) atoms. The molecule has 0 unspecified atom stereocenters. The number of H-pyrrole nitrogens is 1. The van der Waals surface area contributed by atoms with Crippen LogP contribution in [0.3, 0.4) is 0 Å². The Balaban J connectivity index is 2.36. The summed E-state index contributed by atoms with van der Waals surface area (Å²) in [6.45, 7) is 8.21. The highest BCUT2D eigenvalue weighted by atomic mass is 16.3. The Bertz CT molecular complexity index is 560. The second-order valence-electron chi connectivity index (χ2n) is 5.81. The molecule has 4 N–H and O–H groups in total. The minimum Gasteiger partial charge on any atom is -0.391 e. The van der Waals surface area contributed by atoms with Crippen LogP contribution < -0.4 is 5.73 Å². The summed E-state index contributed by atoms with van der Waals surface area (Å²) in [5, 5.41) is 10.0. The molecule has 0 saturated heterocycles. The minimum atomic E-state index is -0.592. The molecule has 2 rings (SSSR count). The number of nitrogens with one attached hydrogen (secondary N) is 1. The van der Waals surface area contributed by atoms with E-state index in [1.165, 1.54) is 5.56 Å². The van der Waals surface area contributed by atoms with Crippen LogP contribution in [-0.4, -0.2) is 21.2 Å². The fourth-order valence-corrected chi connectivity index (χ4v) is 2.14. The third kappa shape index (κ3) is 2.80. The maximum atomic E-state index is 10.0. The number of aliphatic hydroxyl groups is 1. The van der Waals surface area contributed by atoms with Crippen LogP contribution in [0.1, 0.15) is 51.0 Å². The van der Waals surface area contributed by atoms with Crippen LogP contribution in [0.25, 0.3) is 11.0 Å². The maximum absolute atomic E-state index is 10.0. The predicted molar refractivity (Wildman–Crippen MR) is 78.0 cm³/mol. The molecule has 0 saturated carbocycles. The van der Waals surface area contributed by atoms with Gasteiger partial charge in [0, 0.05) is 0 Å². The largest absolute Gasteiger partial charge is 0.391 e. The Morgan fingerprint density at radius 2 is 1.89 bits per heavy atom. The van der Waals surface area contributed by atoms with Gasteiger partial charge in [0.15, 0.2) is 0 Å². The van der Waals surface area contributed by atoms with E-state index in [9.17, 15) is 5.11 Å². The van der Waals surface area contributed by atoms with Crippen LogP contribution in [0, 0.1) is 5.92 Å². The van der Waals surface area contributed by atoms with E-state index in [-0.39, 0.29) is 5.92 Å². The van der Waals surface area contributed by atoms with Crippen molar-refractivity contribution in [3.63, 3.8) is 0 Å². The van der Waals surface area contributed by atoms with Crippen molar-refractivity contribution in [3.8, 4) is 0 Å². The molecular weight excluding hydrogens is 238 g/mol. The average molecular weight is 261 g/mol. The topological polar surface area (TPSA) is 74.9 Å². The molecule has 0 aliphatic rings. The fourth-order valence-electron chi connectivity index (χ4n) is 2.14. The number of aliphatic hydroxyl groups excluding tert-OH is 1.